The molecule has 1 heterocycles. The van der Waals surface area contributed by atoms with E-state index in [-0.39, 0.29) is 11.3 Å². The summed E-state index contributed by atoms with van der Waals surface area (Å²) in [6, 6.07) is 21.4. The number of anilines is 1. The zero-order chi connectivity index (χ0) is 22.8. The lowest BCUT2D eigenvalue weighted by Crippen LogP contribution is -2.29. The Bertz CT molecular complexity index is 1200. The van der Waals surface area contributed by atoms with Gasteiger partial charge in [-0.1, -0.05) is 49.4 Å². The number of hydrogen-bond acceptors (Lipinski definition) is 4. The second-order valence-electron chi connectivity index (χ2n) is 7.78. The molecule has 0 aromatic heterocycles. The number of carbonyl (C=O) groups is 2. The van der Waals surface area contributed by atoms with Crippen molar-refractivity contribution in [1.82, 2.24) is 0 Å². The van der Waals surface area contributed by atoms with Crippen molar-refractivity contribution in [2.75, 3.05) is 12.0 Å². The fraction of sp³-hybridized carbons (Fsp3) is 0.185. The molecule has 1 aliphatic heterocycles. The maximum atomic E-state index is 13.2. The Balaban J connectivity index is 1.91. The zero-order valence-corrected chi connectivity index (χ0v) is 18.3. The van der Waals surface area contributed by atoms with Crippen LogP contribution >= 0.6 is 0 Å². The van der Waals surface area contributed by atoms with E-state index >= 15 is 0 Å². The molecule has 3 aromatic rings. The number of carbonyl (C=O) groups excluding carboxylic acids is 2. The fourth-order valence-electron chi connectivity index (χ4n) is 4.12. The van der Waals surface area contributed by atoms with Gasteiger partial charge in [-0.25, -0.2) is 0 Å². The van der Waals surface area contributed by atoms with Gasteiger partial charge in [0.25, 0.3) is 11.7 Å². The topological polar surface area (TPSA) is 66.8 Å². The van der Waals surface area contributed by atoms with Gasteiger partial charge in [-0.3, -0.25) is 14.5 Å². The van der Waals surface area contributed by atoms with E-state index < -0.39 is 17.7 Å². The third-order valence-corrected chi connectivity index (χ3v) is 5.87. The largest absolute Gasteiger partial charge is 0.507 e. The van der Waals surface area contributed by atoms with Crippen molar-refractivity contribution in [3.8, 4) is 5.75 Å². The first-order valence-corrected chi connectivity index (χ1v) is 10.6. The van der Waals surface area contributed by atoms with Crippen LogP contribution in [0.5, 0.6) is 5.75 Å². The summed E-state index contributed by atoms with van der Waals surface area (Å²) in [7, 11) is 1.57. The number of Topliss-reactive ketones (excluding diaryl/α,β-unsaturated/α-hetero) is 1. The number of aliphatic hydroxyl groups is 1. The van der Waals surface area contributed by atoms with Gasteiger partial charge in [0.05, 0.1) is 18.7 Å². The van der Waals surface area contributed by atoms with E-state index in [9.17, 15) is 14.7 Å². The lowest BCUT2D eigenvalue weighted by molar-refractivity contribution is -0.132. The third-order valence-electron chi connectivity index (χ3n) is 5.87. The molecular formula is C27H25NO4. The summed E-state index contributed by atoms with van der Waals surface area (Å²) in [5.41, 5.74) is 3.81. The van der Waals surface area contributed by atoms with Crippen LogP contribution < -0.4 is 9.64 Å². The molecule has 3 aromatic carbocycles. The van der Waals surface area contributed by atoms with Gasteiger partial charge >= 0.3 is 0 Å². The molecule has 32 heavy (non-hydrogen) atoms. The molecule has 0 saturated carbocycles. The van der Waals surface area contributed by atoms with Crippen molar-refractivity contribution in [3.05, 3.63) is 101 Å². The SMILES string of the molecule is CCc1ccc(N2C(=O)C(=O)/C(=C(\O)c3ccc(OC)cc3C)C2c2ccccc2)cc1. The van der Waals surface area contributed by atoms with Gasteiger partial charge in [-0.15, -0.1) is 0 Å². The Morgan fingerprint density at radius 1 is 1.00 bits per heavy atom. The lowest BCUT2D eigenvalue weighted by Gasteiger charge is -2.25. The van der Waals surface area contributed by atoms with E-state index in [4.69, 9.17) is 4.74 Å². The van der Waals surface area contributed by atoms with Crippen LogP contribution in [0, 0.1) is 6.92 Å². The van der Waals surface area contributed by atoms with Crippen LogP contribution in [0.4, 0.5) is 5.69 Å². The highest BCUT2D eigenvalue weighted by atomic mass is 16.5. The van der Waals surface area contributed by atoms with Crippen LogP contribution in [0.1, 0.15) is 35.2 Å². The number of amides is 1. The van der Waals surface area contributed by atoms with Crippen molar-refractivity contribution in [2.45, 2.75) is 26.3 Å². The standard InChI is InChI=1S/C27H25NO4/c1-4-18-10-12-20(13-11-18)28-24(19-8-6-5-7-9-19)23(26(30)27(28)31)25(29)22-15-14-21(32-3)16-17(22)2/h5-16,24,29H,4H2,1-3H3/b25-23-. The number of ketones is 1. The van der Waals surface area contributed by atoms with Crippen molar-refractivity contribution in [1.29, 1.82) is 0 Å². The minimum atomic E-state index is -0.731. The summed E-state index contributed by atoms with van der Waals surface area (Å²) in [6.45, 7) is 3.89. The molecule has 1 fully saturated rings. The minimum Gasteiger partial charge on any atom is -0.507 e. The number of methoxy groups -OCH3 is 1. The maximum Gasteiger partial charge on any atom is 0.300 e. The van der Waals surface area contributed by atoms with E-state index in [0.717, 1.165) is 23.1 Å². The summed E-state index contributed by atoms with van der Waals surface area (Å²) in [5.74, 6) is -0.901. The van der Waals surface area contributed by atoms with Gasteiger partial charge in [-0.2, -0.15) is 0 Å². The lowest BCUT2D eigenvalue weighted by atomic mass is 9.93. The zero-order valence-electron chi connectivity index (χ0n) is 18.3. The Kier molecular flexibility index (Phi) is 5.82. The third kappa shape index (κ3) is 3.66. The first-order valence-electron chi connectivity index (χ1n) is 10.6. The summed E-state index contributed by atoms with van der Waals surface area (Å²) >= 11 is 0. The second kappa shape index (κ2) is 8.71. The molecule has 1 amide bonds. The van der Waals surface area contributed by atoms with Crippen molar-refractivity contribution < 1.29 is 19.4 Å². The van der Waals surface area contributed by atoms with Crippen LogP contribution in [-0.2, 0) is 16.0 Å². The number of aryl methyl sites for hydroxylation is 2. The molecule has 0 bridgehead atoms. The normalized spacial score (nSPS) is 17.6. The van der Waals surface area contributed by atoms with Crippen molar-refractivity contribution >= 4 is 23.1 Å². The Morgan fingerprint density at radius 2 is 1.69 bits per heavy atom. The van der Waals surface area contributed by atoms with Gasteiger partial charge < -0.3 is 9.84 Å². The molecule has 5 heteroatoms. The highest BCUT2D eigenvalue weighted by Crippen LogP contribution is 2.42. The summed E-state index contributed by atoms with van der Waals surface area (Å²) in [5, 5.41) is 11.3. The van der Waals surface area contributed by atoms with Crippen LogP contribution in [0.25, 0.3) is 5.76 Å². The monoisotopic (exact) mass is 427 g/mol. The predicted molar refractivity (Wildman–Crippen MR) is 125 cm³/mol. The number of rotatable bonds is 5. The Labute approximate surface area is 187 Å². The van der Waals surface area contributed by atoms with Crippen LogP contribution in [0.15, 0.2) is 78.4 Å². The second-order valence-corrected chi connectivity index (χ2v) is 7.78. The number of ether oxygens (including phenoxy) is 1. The van der Waals surface area contributed by atoms with Gasteiger partial charge in [0, 0.05) is 11.3 Å². The molecule has 1 saturated heterocycles. The Morgan fingerprint density at radius 3 is 2.28 bits per heavy atom. The van der Waals surface area contributed by atoms with E-state index in [1.165, 1.54) is 4.90 Å². The molecule has 5 nitrogen and oxygen atoms in total. The number of hydrogen-bond donors (Lipinski definition) is 1. The number of aliphatic hydroxyl groups excluding tert-OH is 1. The van der Waals surface area contributed by atoms with Crippen LogP contribution in [0.3, 0.4) is 0 Å². The fourth-order valence-corrected chi connectivity index (χ4v) is 4.12. The summed E-state index contributed by atoms with van der Waals surface area (Å²) < 4.78 is 5.25. The summed E-state index contributed by atoms with van der Waals surface area (Å²) in [6.07, 6.45) is 0.873. The molecule has 1 N–H and O–H groups in total. The molecule has 1 unspecified atom stereocenters. The van der Waals surface area contributed by atoms with Gasteiger partial charge in [-0.05, 0) is 60.4 Å². The first kappa shape index (κ1) is 21.4. The number of nitrogens with zero attached hydrogens (tertiary/aromatic N) is 1. The molecule has 0 radical (unpaired) electrons. The van der Waals surface area contributed by atoms with E-state index in [1.54, 1.807) is 25.3 Å². The maximum absolute atomic E-state index is 13.2. The van der Waals surface area contributed by atoms with E-state index in [1.807, 2.05) is 61.5 Å². The molecule has 162 valence electrons. The average Bonchev–Trinajstić information content (AvgIpc) is 3.09. The average molecular weight is 428 g/mol. The first-order chi connectivity index (χ1) is 15.5. The molecule has 1 aliphatic rings. The molecular weight excluding hydrogens is 402 g/mol. The van der Waals surface area contributed by atoms with Crippen molar-refractivity contribution in [3.63, 3.8) is 0 Å². The molecule has 1 atom stereocenters. The molecule has 0 aliphatic carbocycles. The highest BCUT2D eigenvalue weighted by molar-refractivity contribution is 6.51. The predicted octanol–water partition coefficient (Wildman–Crippen LogP) is 5.19. The smallest absolute Gasteiger partial charge is 0.300 e. The minimum absolute atomic E-state index is 0.0778. The van der Waals surface area contributed by atoms with Crippen LogP contribution in [-0.4, -0.2) is 23.9 Å². The molecule has 4 rings (SSSR count). The van der Waals surface area contributed by atoms with Crippen molar-refractivity contribution in [2.24, 2.45) is 0 Å². The molecule has 0 spiro atoms. The van der Waals surface area contributed by atoms with Gasteiger partial charge in [0.15, 0.2) is 0 Å². The van der Waals surface area contributed by atoms with Gasteiger partial charge in [0.1, 0.15) is 11.5 Å². The number of benzene rings is 3. The van der Waals surface area contributed by atoms with E-state index in [0.29, 0.717) is 17.0 Å². The summed E-state index contributed by atoms with van der Waals surface area (Å²) in [4.78, 5) is 27.9. The Hall–Kier alpha value is -3.86. The highest BCUT2D eigenvalue weighted by Gasteiger charge is 2.47. The van der Waals surface area contributed by atoms with E-state index in [2.05, 4.69) is 6.92 Å². The van der Waals surface area contributed by atoms with Gasteiger partial charge in [0.2, 0.25) is 0 Å². The quantitative estimate of drug-likeness (QED) is 0.346. The van der Waals surface area contributed by atoms with Crippen LogP contribution in [0.2, 0.25) is 0 Å².